The largest absolute Gasteiger partial charge is 0.312 e. The third-order valence-corrected chi connectivity index (χ3v) is 4.07. The molecular weight excluding hydrogens is 258 g/mol. The Balaban J connectivity index is 1.97. The zero-order valence-electron chi connectivity index (χ0n) is 11.1. The van der Waals surface area contributed by atoms with Gasteiger partial charge in [-0.3, -0.25) is 4.68 Å². The Morgan fingerprint density at radius 2 is 2.21 bits per heavy atom. The molecule has 0 atom stereocenters. The average molecular weight is 276 g/mol. The molecule has 3 rings (SSSR count). The van der Waals surface area contributed by atoms with Crippen molar-refractivity contribution in [2.45, 2.75) is 32.9 Å². The summed E-state index contributed by atoms with van der Waals surface area (Å²) in [6.45, 7) is 4.91. The molecule has 100 valence electrons. The maximum absolute atomic E-state index is 6.24. The van der Waals surface area contributed by atoms with Crippen molar-refractivity contribution < 1.29 is 0 Å². The van der Waals surface area contributed by atoms with E-state index in [-0.39, 0.29) is 0 Å². The summed E-state index contributed by atoms with van der Waals surface area (Å²) in [6.07, 6.45) is 2.03. The molecule has 19 heavy (non-hydrogen) atoms. The molecule has 1 aliphatic heterocycles. The fourth-order valence-corrected chi connectivity index (χ4v) is 2.89. The van der Waals surface area contributed by atoms with Gasteiger partial charge in [-0.25, -0.2) is 0 Å². The predicted octanol–water partition coefficient (Wildman–Crippen LogP) is 2.79. The van der Waals surface area contributed by atoms with Crippen molar-refractivity contribution in [2.24, 2.45) is 0 Å². The zero-order valence-corrected chi connectivity index (χ0v) is 11.9. The van der Waals surface area contributed by atoms with Gasteiger partial charge in [-0.2, -0.15) is 5.10 Å². The van der Waals surface area contributed by atoms with Crippen molar-refractivity contribution in [1.82, 2.24) is 15.1 Å². The third kappa shape index (κ3) is 2.40. The summed E-state index contributed by atoms with van der Waals surface area (Å²) in [7, 11) is 0. The number of hydrogen-bond acceptors (Lipinski definition) is 2. The van der Waals surface area contributed by atoms with Gasteiger partial charge in [0.05, 0.1) is 12.2 Å². The van der Waals surface area contributed by atoms with Gasteiger partial charge in [-0.15, -0.1) is 0 Å². The fourth-order valence-electron chi connectivity index (χ4n) is 2.70. The first kappa shape index (κ1) is 12.7. The molecule has 0 amide bonds. The van der Waals surface area contributed by atoms with Crippen LogP contribution in [0.5, 0.6) is 0 Å². The number of nitrogens with one attached hydrogen (secondary N) is 1. The van der Waals surface area contributed by atoms with Gasteiger partial charge in [0, 0.05) is 35.8 Å². The molecule has 1 N–H and O–H groups in total. The summed E-state index contributed by atoms with van der Waals surface area (Å²) in [4.78, 5) is 0. The van der Waals surface area contributed by atoms with E-state index >= 15 is 0 Å². The Morgan fingerprint density at radius 1 is 1.37 bits per heavy atom. The minimum Gasteiger partial charge on any atom is -0.312 e. The highest BCUT2D eigenvalue weighted by Gasteiger charge is 2.19. The minimum absolute atomic E-state index is 0.766. The van der Waals surface area contributed by atoms with E-state index in [4.69, 9.17) is 16.7 Å². The first-order valence-corrected chi connectivity index (χ1v) is 7.19. The number of rotatable bonds is 3. The average Bonchev–Trinajstić information content (AvgIpc) is 2.80. The van der Waals surface area contributed by atoms with Crippen LogP contribution in [-0.2, 0) is 25.9 Å². The van der Waals surface area contributed by atoms with E-state index in [1.165, 1.54) is 17.0 Å². The molecule has 3 nitrogen and oxygen atoms in total. The minimum atomic E-state index is 0.766. The van der Waals surface area contributed by atoms with Crippen LogP contribution >= 0.6 is 11.6 Å². The summed E-state index contributed by atoms with van der Waals surface area (Å²) in [6, 6.07) is 8.00. The lowest BCUT2D eigenvalue weighted by Gasteiger charge is -2.16. The molecule has 0 saturated carbocycles. The first-order chi connectivity index (χ1) is 9.29. The van der Waals surface area contributed by atoms with Gasteiger partial charge in [0.1, 0.15) is 0 Å². The number of hydrogen-bond donors (Lipinski definition) is 1. The van der Waals surface area contributed by atoms with Crippen LogP contribution in [0.25, 0.3) is 0 Å². The van der Waals surface area contributed by atoms with E-state index in [0.29, 0.717) is 0 Å². The molecule has 0 radical (unpaired) electrons. The Bertz CT molecular complexity index is 589. The second kappa shape index (κ2) is 5.35. The lowest BCUT2D eigenvalue weighted by Crippen LogP contribution is -2.25. The molecule has 0 bridgehead atoms. The number of fused-ring (bicyclic) bond motifs is 1. The van der Waals surface area contributed by atoms with E-state index in [1.807, 2.05) is 18.2 Å². The maximum Gasteiger partial charge on any atom is 0.0677 e. The number of aryl methyl sites for hydroxylation is 1. The van der Waals surface area contributed by atoms with Crippen molar-refractivity contribution >= 4 is 11.6 Å². The third-order valence-electron chi connectivity index (χ3n) is 3.70. The topological polar surface area (TPSA) is 29.9 Å². The summed E-state index contributed by atoms with van der Waals surface area (Å²) in [5, 5.41) is 9.01. The Labute approximate surface area is 118 Å². The highest BCUT2D eigenvalue weighted by molar-refractivity contribution is 6.31. The van der Waals surface area contributed by atoms with Gasteiger partial charge < -0.3 is 5.32 Å². The van der Waals surface area contributed by atoms with Crippen molar-refractivity contribution in [2.75, 3.05) is 6.54 Å². The number of halogens is 1. The first-order valence-electron chi connectivity index (χ1n) is 6.81. The lowest BCUT2D eigenvalue weighted by atomic mass is 10.1. The molecule has 0 saturated heterocycles. The highest BCUT2D eigenvalue weighted by Crippen LogP contribution is 2.22. The molecule has 1 aromatic heterocycles. The summed E-state index contributed by atoms with van der Waals surface area (Å²) in [5.74, 6) is 0. The number of benzene rings is 1. The molecule has 4 heteroatoms. The van der Waals surface area contributed by atoms with E-state index < -0.39 is 0 Å². The highest BCUT2D eigenvalue weighted by atomic mass is 35.5. The second-order valence-electron chi connectivity index (χ2n) is 4.90. The fraction of sp³-hybridized carbons (Fsp3) is 0.400. The quantitative estimate of drug-likeness (QED) is 0.934. The Hall–Kier alpha value is -1.32. The molecule has 2 heterocycles. The van der Waals surface area contributed by atoms with E-state index in [1.54, 1.807) is 0 Å². The van der Waals surface area contributed by atoms with Crippen LogP contribution in [-0.4, -0.2) is 16.3 Å². The zero-order chi connectivity index (χ0) is 13.2. The van der Waals surface area contributed by atoms with Crippen LogP contribution in [0.15, 0.2) is 24.3 Å². The number of nitrogens with zero attached hydrogens (tertiary/aromatic N) is 2. The van der Waals surface area contributed by atoms with E-state index in [9.17, 15) is 0 Å². The summed E-state index contributed by atoms with van der Waals surface area (Å²) >= 11 is 6.24. The smallest absolute Gasteiger partial charge is 0.0677 e. The van der Waals surface area contributed by atoms with Crippen LogP contribution in [0.3, 0.4) is 0 Å². The van der Waals surface area contributed by atoms with Gasteiger partial charge in [0.15, 0.2) is 0 Å². The molecule has 1 aromatic carbocycles. The summed E-state index contributed by atoms with van der Waals surface area (Å²) in [5.41, 5.74) is 5.11. The summed E-state index contributed by atoms with van der Waals surface area (Å²) < 4.78 is 2.14. The van der Waals surface area contributed by atoms with Gasteiger partial charge >= 0.3 is 0 Å². The van der Waals surface area contributed by atoms with Crippen LogP contribution in [0.1, 0.15) is 29.4 Å². The molecule has 0 spiro atoms. The SMILES string of the molecule is CCc1nn(Cc2ccccc2Cl)c2c1CNCC2. The van der Waals surface area contributed by atoms with E-state index in [2.05, 4.69) is 23.0 Å². The van der Waals surface area contributed by atoms with Crippen molar-refractivity contribution in [1.29, 1.82) is 0 Å². The Morgan fingerprint density at radius 3 is 3.00 bits per heavy atom. The Kier molecular flexibility index (Phi) is 3.58. The molecule has 0 aliphatic carbocycles. The monoisotopic (exact) mass is 275 g/mol. The van der Waals surface area contributed by atoms with Gasteiger partial charge in [-0.05, 0) is 18.1 Å². The van der Waals surface area contributed by atoms with Gasteiger partial charge in [0.25, 0.3) is 0 Å². The standard InChI is InChI=1S/C15H18ClN3/c1-2-14-12-9-17-8-7-15(12)19(18-14)10-11-5-3-4-6-13(11)16/h3-6,17H,2,7-10H2,1H3. The van der Waals surface area contributed by atoms with Crippen LogP contribution in [0.2, 0.25) is 5.02 Å². The molecule has 1 aliphatic rings. The second-order valence-corrected chi connectivity index (χ2v) is 5.31. The van der Waals surface area contributed by atoms with E-state index in [0.717, 1.165) is 43.1 Å². The van der Waals surface area contributed by atoms with Crippen LogP contribution < -0.4 is 5.32 Å². The van der Waals surface area contributed by atoms with Crippen molar-refractivity contribution in [3.63, 3.8) is 0 Å². The van der Waals surface area contributed by atoms with Crippen LogP contribution in [0.4, 0.5) is 0 Å². The molecule has 0 unspecified atom stereocenters. The van der Waals surface area contributed by atoms with Crippen molar-refractivity contribution in [3.8, 4) is 0 Å². The lowest BCUT2D eigenvalue weighted by molar-refractivity contribution is 0.582. The van der Waals surface area contributed by atoms with Crippen LogP contribution in [0, 0.1) is 0 Å². The molecular formula is C15H18ClN3. The van der Waals surface area contributed by atoms with Crippen molar-refractivity contribution in [3.05, 3.63) is 51.8 Å². The maximum atomic E-state index is 6.24. The predicted molar refractivity (Wildman–Crippen MR) is 77.6 cm³/mol. The number of aromatic nitrogens is 2. The molecule has 2 aromatic rings. The molecule has 0 fully saturated rings. The van der Waals surface area contributed by atoms with Gasteiger partial charge in [-0.1, -0.05) is 36.7 Å². The van der Waals surface area contributed by atoms with Gasteiger partial charge in [0.2, 0.25) is 0 Å². The normalized spacial score (nSPS) is 14.4.